The van der Waals surface area contributed by atoms with Gasteiger partial charge < -0.3 is 5.32 Å². The molecule has 2 rings (SSSR count). The monoisotopic (exact) mass is 315 g/mol. The lowest BCUT2D eigenvalue weighted by Gasteiger charge is -2.03. The van der Waals surface area contributed by atoms with E-state index in [1.54, 1.807) is 48.5 Å². The van der Waals surface area contributed by atoms with Gasteiger partial charge in [0.25, 0.3) is 5.91 Å². The van der Waals surface area contributed by atoms with Gasteiger partial charge in [-0.25, -0.2) is 5.43 Å². The topological polar surface area (TPSA) is 70.6 Å². The lowest BCUT2D eigenvalue weighted by molar-refractivity contribution is -0.114. The van der Waals surface area contributed by atoms with Gasteiger partial charge in [-0.05, 0) is 42.0 Å². The van der Waals surface area contributed by atoms with Crippen LogP contribution in [0.25, 0.3) is 0 Å². The van der Waals surface area contributed by atoms with Crippen molar-refractivity contribution in [2.75, 3.05) is 5.32 Å². The second kappa shape index (κ2) is 7.38. The Morgan fingerprint density at radius 3 is 2.27 bits per heavy atom. The van der Waals surface area contributed by atoms with Gasteiger partial charge >= 0.3 is 0 Å². The molecule has 0 radical (unpaired) electrons. The molecule has 112 valence electrons. The molecule has 0 aliphatic rings. The van der Waals surface area contributed by atoms with Crippen LogP contribution in [0, 0.1) is 0 Å². The quantitative estimate of drug-likeness (QED) is 0.672. The Bertz CT molecular complexity index is 694. The number of rotatable bonds is 4. The molecular weight excluding hydrogens is 302 g/mol. The number of halogens is 1. The number of amides is 2. The van der Waals surface area contributed by atoms with Crippen molar-refractivity contribution < 1.29 is 9.59 Å². The Morgan fingerprint density at radius 2 is 1.68 bits per heavy atom. The summed E-state index contributed by atoms with van der Waals surface area (Å²) in [4.78, 5) is 22.8. The Labute approximate surface area is 133 Å². The molecule has 6 heteroatoms. The largest absolute Gasteiger partial charge is 0.326 e. The second-order valence-electron chi connectivity index (χ2n) is 4.51. The van der Waals surface area contributed by atoms with Crippen molar-refractivity contribution in [3.05, 3.63) is 64.7 Å². The molecule has 2 aromatic carbocycles. The van der Waals surface area contributed by atoms with Crippen LogP contribution in [-0.4, -0.2) is 18.0 Å². The van der Waals surface area contributed by atoms with Crippen LogP contribution in [0.4, 0.5) is 5.69 Å². The maximum Gasteiger partial charge on any atom is 0.271 e. The highest BCUT2D eigenvalue weighted by atomic mass is 35.5. The van der Waals surface area contributed by atoms with E-state index in [4.69, 9.17) is 11.6 Å². The van der Waals surface area contributed by atoms with E-state index in [0.717, 1.165) is 5.56 Å². The molecule has 0 fully saturated rings. The summed E-state index contributed by atoms with van der Waals surface area (Å²) < 4.78 is 0. The third-order valence-electron chi connectivity index (χ3n) is 2.72. The summed E-state index contributed by atoms with van der Waals surface area (Å²) in [6, 6.07) is 13.6. The van der Waals surface area contributed by atoms with Gasteiger partial charge in [0.1, 0.15) is 0 Å². The number of nitrogens with zero attached hydrogens (tertiary/aromatic N) is 1. The van der Waals surface area contributed by atoms with Gasteiger partial charge in [0.15, 0.2) is 0 Å². The normalized spacial score (nSPS) is 10.5. The van der Waals surface area contributed by atoms with Gasteiger partial charge in [0.05, 0.1) is 6.21 Å². The predicted octanol–water partition coefficient (Wildman–Crippen LogP) is 3.06. The van der Waals surface area contributed by atoms with E-state index >= 15 is 0 Å². The molecule has 2 amide bonds. The second-order valence-corrected chi connectivity index (χ2v) is 4.95. The van der Waals surface area contributed by atoms with E-state index in [1.165, 1.54) is 13.1 Å². The van der Waals surface area contributed by atoms with E-state index < -0.39 is 0 Å². The van der Waals surface area contributed by atoms with Crippen LogP contribution in [0.1, 0.15) is 22.8 Å². The van der Waals surface area contributed by atoms with E-state index in [2.05, 4.69) is 15.8 Å². The molecule has 0 aromatic heterocycles. The fourth-order valence-corrected chi connectivity index (χ4v) is 1.81. The molecule has 0 atom stereocenters. The SMILES string of the molecule is CC(=O)Nc1ccc(C(=O)NN=Cc2ccc(Cl)cc2)cc1. The molecule has 5 nitrogen and oxygen atoms in total. The molecule has 0 aliphatic heterocycles. The van der Waals surface area contributed by atoms with Crippen molar-refractivity contribution in [3.63, 3.8) is 0 Å². The lowest BCUT2D eigenvalue weighted by atomic mass is 10.2. The maximum absolute atomic E-state index is 11.9. The first-order chi connectivity index (χ1) is 10.5. The minimum atomic E-state index is -0.334. The third kappa shape index (κ3) is 4.71. The molecule has 0 saturated carbocycles. The first kappa shape index (κ1) is 15.7. The van der Waals surface area contributed by atoms with E-state index in [0.29, 0.717) is 16.3 Å². The van der Waals surface area contributed by atoms with Crippen molar-refractivity contribution in [3.8, 4) is 0 Å². The summed E-state index contributed by atoms with van der Waals surface area (Å²) >= 11 is 5.78. The summed E-state index contributed by atoms with van der Waals surface area (Å²) in [5, 5.41) is 7.15. The zero-order valence-electron chi connectivity index (χ0n) is 11.8. The van der Waals surface area contributed by atoms with Crippen LogP contribution in [0.2, 0.25) is 5.02 Å². The molecule has 0 saturated heterocycles. The van der Waals surface area contributed by atoms with Gasteiger partial charge in [-0.15, -0.1) is 0 Å². The Kier molecular flexibility index (Phi) is 5.27. The van der Waals surface area contributed by atoms with Crippen LogP contribution >= 0.6 is 11.6 Å². The van der Waals surface area contributed by atoms with Gasteiger partial charge in [-0.2, -0.15) is 5.10 Å². The Hall–Kier alpha value is -2.66. The number of carbonyl (C=O) groups is 2. The maximum atomic E-state index is 11.9. The smallest absolute Gasteiger partial charge is 0.271 e. The van der Waals surface area contributed by atoms with Gasteiger partial charge in [0, 0.05) is 23.2 Å². The van der Waals surface area contributed by atoms with Crippen molar-refractivity contribution in [2.24, 2.45) is 5.10 Å². The predicted molar refractivity (Wildman–Crippen MR) is 87.3 cm³/mol. The molecule has 0 unspecified atom stereocenters. The summed E-state index contributed by atoms with van der Waals surface area (Å²) in [6.07, 6.45) is 1.53. The van der Waals surface area contributed by atoms with E-state index in [9.17, 15) is 9.59 Å². The highest BCUT2D eigenvalue weighted by Gasteiger charge is 2.04. The standard InChI is InChI=1S/C16H14ClN3O2/c1-11(21)19-15-8-4-13(5-9-15)16(22)20-18-10-12-2-6-14(17)7-3-12/h2-10H,1H3,(H,19,21)(H,20,22). The number of benzene rings is 2. The summed E-state index contributed by atoms with van der Waals surface area (Å²) in [5.74, 6) is -0.496. The van der Waals surface area contributed by atoms with Crippen LogP contribution in [0.15, 0.2) is 53.6 Å². The number of hydrazone groups is 1. The fourth-order valence-electron chi connectivity index (χ4n) is 1.69. The number of hydrogen-bond donors (Lipinski definition) is 2. The minimum absolute atomic E-state index is 0.162. The fraction of sp³-hybridized carbons (Fsp3) is 0.0625. The molecule has 22 heavy (non-hydrogen) atoms. The number of anilines is 1. The lowest BCUT2D eigenvalue weighted by Crippen LogP contribution is -2.17. The highest BCUT2D eigenvalue weighted by molar-refractivity contribution is 6.30. The first-order valence-corrected chi connectivity index (χ1v) is 6.89. The summed E-state index contributed by atoms with van der Waals surface area (Å²) in [6.45, 7) is 1.42. The molecule has 0 spiro atoms. The number of carbonyl (C=O) groups excluding carboxylic acids is 2. The molecule has 0 bridgehead atoms. The number of nitrogens with one attached hydrogen (secondary N) is 2. The Morgan fingerprint density at radius 1 is 1.05 bits per heavy atom. The van der Waals surface area contributed by atoms with E-state index in [1.807, 2.05) is 0 Å². The van der Waals surface area contributed by atoms with Crippen molar-refractivity contribution in [1.82, 2.24) is 5.43 Å². The van der Waals surface area contributed by atoms with Crippen LogP contribution in [0.3, 0.4) is 0 Å². The molecule has 0 heterocycles. The third-order valence-corrected chi connectivity index (χ3v) is 2.97. The van der Waals surface area contributed by atoms with Crippen LogP contribution < -0.4 is 10.7 Å². The van der Waals surface area contributed by atoms with Gasteiger partial charge in [0.2, 0.25) is 5.91 Å². The van der Waals surface area contributed by atoms with E-state index in [-0.39, 0.29) is 11.8 Å². The zero-order chi connectivity index (χ0) is 15.9. The van der Waals surface area contributed by atoms with Crippen LogP contribution in [-0.2, 0) is 4.79 Å². The highest BCUT2D eigenvalue weighted by Crippen LogP contribution is 2.10. The summed E-state index contributed by atoms with van der Waals surface area (Å²) in [5.41, 5.74) is 4.34. The molecular formula is C16H14ClN3O2. The minimum Gasteiger partial charge on any atom is -0.326 e. The first-order valence-electron chi connectivity index (χ1n) is 6.51. The Balaban J connectivity index is 1.94. The van der Waals surface area contributed by atoms with Crippen LogP contribution in [0.5, 0.6) is 0 Å². The molecule has 2 N–H and O–H groups in total. The van der Waals surface area contributed by atoms with Gasteiger partial charge in [-0.1, -0.05) is 23.7 Å². The average molecular weight is 316 g/mol. The zero-order valence-corrected chi connectivity index (χ0v) is 12.6. The molecule has 0 aliphatic carbocycles. The van der Waals surface area contributed by atoms with Crippen molar-refractivity contribution >= 4 is 35.3 Å². The average Bonchev–Trinajstić information content (AvgIpc) is 2.49. The molecule has 2 aromatic rings. The number of hydrogen-bond acceptors (Lipinski definition) is 3. The van der Waals surface area contributed by atoms with Crippen molar-refractivity contribution in [2.45, 2.75) is 6.92 Å². The van der Waals surface area contributed by atoms with Gasteiger partial charge in [-0.3, -0.25) is 9.59 Å². The van der Waals surface area contributed by atoms with Crippen molar-refractivity contribution in [1.29, 1.82) is 0 Å². The summed E-state index contributed by atoms with van der Waals surface area (Å²) in [7, 11) is 0.